The predicted molar refractivity (Wildman–Crippen MR) is 77.8 cm³/mol. The zero-order chi connectivity index (χ0) is 14.6. The van der Waals surface area contributed by atoms with Gasteiger partial charge < -0.3 is 10.2 Å². The Kier molecular flexibility index (Phi) is 6.76. The Bertz CT molecular complexity index is 449. The summed E-state index contributed by atoms with van der Waals surface area (Å²) < 4.78 is 14.0. The lowest BCUT2D eigenvalue weighted by atomic mass is 10.0. The first kappa shape index (κ1) is 16.9. The van der Waals surface area contributed by atoms with Gasteiger partial charge in [-0.3, -0.25) is 4.79 Å². The quantitative estimate of drug-likeness (QED) is 0.834. The van der Waals surface area contributed by atoms with Crippen LogP contribution in [0.3, 0.4) is 0 Å². The molecule has 7 heteroatoms. The van der Waals surface area contributed by atoms with Crippen LogP contribution in [0.2, 0.25) is 5.02 Å². The van der Waals surface area contributed by atoms with Crippen LogP contribution in [0.4, 0.5) is 4.39 Å². The highest BCUT2D eigenvalue weighted by Crippen LogP contribution is 2.32. The lowest BCUT2D eigenvalue weighted by Crippen LogP contribution is -2.20. The Hall–Kier alpha value is -0.140. The van der Waals surface area contributed by atoms with Gasteiger partial charge >= 0.3 is 0 Å². The normalized spacial score (nSPS) is 14.2. The molecule has 106 valence electrons. The van der Waals surface area contributed by atoms with Gasteiger partial charge in [-0.25, -0.2) is 4.39 Å². The van der Waals surface area contributed by atoms with Crippen LogP contribution in [0, 0.1) is 5.82 Å². The maximum atomic E-state index is 13.7. The van der Waals surface area contributed by atoms with E-state index in [2.05, 4.69) is 15.9 Å². The van der Waals surface area contributed by atoms with Crippen LogP contribution in [0.15, 0.2) is 16.6 Å². The molecule has 0 aliphatic rings. The van der Waals surface area contributed by atoms with Gasteiger partial charge in [0, 0.05) is 27.7 Å². The van der Waals surface area contributed by atoms with Crippen LogP contribution in [0.1, 0.15) is 25.0 Å². The molecule has 0 fully saturated rings. The van der Waals surface area contributed by atoms with Gasteiger partial charge in [-0.05, 0) is 18.6 Å². The van der Waals surface area contributed by atoms with Crippen LogP contribution < -0.4 is 0 Å². The number of rotatable bonds is 5. The summed E-state index contributed by atoms with van der Waals surface area (Å²) in [6, 6.07) is 2.52. The highest BCUT2D eigenvalue weighted by atomic mass is 79.9. The molecule has 19 heavy (non-hydrogen) atoms. The maximum Gasteiger partial charge on any atom is 0.185 e. The molecular weight excluding hydrogens is 359 g/mol. The van der Waals surface area contributed by atoms with Crippen LogP contribution in [-0.2, 0) is 4.79 Å². The number of aliphatic hydroxyl groups excluding tert-OH is 2. The molecule has 1 rings (SSSR count). The molecule has 0 saturated carbocycles. The molecule has 0 saturated heterocycles. The predicted octanol–water partition coefficient (Wildman–Crippen LogP) is 3.31. The SMILES string of the molecule is CC(=O)SCCC(O)C(O)c1c(F)cc(Cl)cc1Br. The van der Waals surface area contributed by atoms with Crippen molar-refractivity contribution < 1.29 is 19.4 Å². The summed E-state index contributed by atoms with van der Waals surface area (Å²) in [5.41, 5.74) is -0.0373. The van der Waals surface area contributed by atoms with Gasteiger partial charge in [0.15, 0.2) is 5.12 Å². The fourth-order valence-electron chi connectivity index (χ4n) is 1.51. The Morgan fingerprint density at radius 1 is 1.53 bits per heavy atom. The summed E-state index contributed by atoms with van der Waals surface area (Å²) in [7, 11) is 0. The molecule has 2 atom stereocenters. The number of carbonyl (C=O) groups excluding carboxylic acids is 1. The van der Waals surface area contributed by atoms with E-state index in [9.17, 15) is 19.4 Å². The first-order valence-electron chi connectivity index (χ1n) is 5.47. The van der Waals surface area contributed by atoms with Gasteiger partial charge in [-0.15, -0.1) is 0 Å². The van der Waals surface area contributed by atoms with Crippen molar-refractivity contribution in [2.75, 3.05) is 5.75 Å². The first-order chi connectivity index (χ1) is 8.82. The molecule has 0 aliphatic carbocycles. The number of thioether (sulfide) groups is 1. The number of hydrogen-bond donors (Lipinski definition) is 2. The molecule has 0 aromatic heterocycles. The molecule has 2 N–H and O–H groups in total. The second kappa shape index (κ2) is 7.59. The second-order valence-corrected chi connectivity index (χ2v) is 6.49. The van der Waals surface area contributed by atoms with E-state index in [1.165, 1.54) is 13.0 Å². The summed E-state index contributed by atoms with van der Waals surface area (Å²) >= 11 is 9.82. The van der Waals surface area contributed by atoms with Gasteiger partial charge in [-0.1, -0.05) is 39.3 Å². The van der Waals surface area contributed by atoms with Gasteiger partial charge in [0.1, 0.15) is 11.9 Å². The molecule has 1 aromatic carbocycles. The molecule has 0 heterocycles. The van der Waals surface area contributed by atoms with E-state index >= 15 is 0 Å². The molecule has 1 aromatic rings. The first-order valence-corrected chi connectivity index (χ1v) is 7.62. The summed E-state index contributed by atoms with van der Waals surface area (Å²) in [6.45, 7) is 1.42. The van der Waals surface area contributed by atoms with Crippen molar-refractivity contribution in [1.82, 2.24) is 0 Å². The van der Waals surface area contributed by atoms with Crippen molar-refractivity contribution in [1.29, 1.82) is 0 Å². The van der Waals surface area contributed by atoms with E-state index in [-0.39, 0.29) is 22.1 Å². The monoisotopic (exact) mass is 370 g/mol. The van der Waals surface area contributed by atoms with Crippen LogP contribution in [0.25, 0.3) is 0 Å². The third-order valence-corrected chi connectivity index (χ3v) is 4.14. The zero-order valence-electron chi connectivity index (χ0n) is 10.1. The van der Waals surface area contributed by atoms with E-state index in [1.54, 1.807) is 0 Å². The van der Waals surface area contributed by atoms with Gasteiger partial charge in [-0.2, -0.15) is 0 Å². The Morgan fingerprint density at radius 3 is 2.68 bits per heavy atom. The van der Waals surface area contributed by atoms with Crippen molar-refractivity contribution >= 4 is 44.4 Å². The molecule has 0 spiro atoms. The highest BCUT2D eigenvalue weighted by Gasteiger charge is 2.24. The van der Waals surface area contributed by atoms with Crippen molar-refractivity contribution in [3.8, 4) is 0 Å². The van der Waals surface area contributed by atoms with Crippen molar-refractivity contribution in [2.45, 2.75) is 25.6 Å². The third-order valence-electron chi connectivity index (χ3n) is 2.42. The van der Waals surface area contributed by atoms with Gasteiger partial charge in [0.25, 0.3) is 0 Å². The van der Waals surface area contributed by atoms with E-state index in [1.807, 2.05) is 0 Å². The largest absolute Gasteiger partial charge is 0.390 e. The molecule has 0 radical (unpaired) electrons. The number of aliphatic hydroxyl groups is 2. The summed E-state index contributed by atoms with van der Waals surface area (Å²) in [4.78, 5) is 10.7. The summed E-state index contributed by atoms with van der Waals surface area (Å²) in [5.74, 6) is -0.328. The lowest BCUT2D eigenvalue weighted by molar-refractivity contribution is -0.109. The molecule has 0 amide bonds. The number of halogens is 3. The van der Waals surface area contributed by atoms with E-state index in [4.69, 9.17) is 11.6 Å². The minimum absolute atomic E-state index is 0.0373. The summed E-state index contributed by atoms with van der Waals surface area (Å²) in [6.07, 6.45) is -2.35. The molecule has 2 unspecified atom stereocenters. The van der Waals surface area contributed by atoms with Gasteiger partial charge in [0.2, 0.25) is 0 Å². The average Bonchev–Trinajstić information content (AvgIpc) is 2.26. The standard InChI is InChI=1S/C12H13BrClFO3S/c1-6(16)19-3-2-10(17)12(18)11-8(13)4-7(14)5-9(11)15/h4-5,10,12,17-18H,2-3H2,1H3. The number of benzene rings is 1. The lowest BCUT2D eigenvalue weighted by Gasteiger charge is -2.19. The second-order valence-electron chi connectivity index (χ2n) is 3.92. The minimum atomic E-state index is -1.38. The van der Waals surface area contributed by atoms with E-state index < -0.39 is 18.0 Å². The number of carbonyl (C=O) groups is 1. The zero-order valence-corrected chi connectivity index (χ0v) is 13.2. The fraction of sp³-hybridized carbons (Fsp3) is 0.417. The molecule has 3 nitrogen and oxygen atoms in total. The Balaban J connectivity index is 2.76. The average molecular weight is 372 g/mol. The number of hydrogen-bond acceptors (Lipinski definition) is 4. The van der Waals surface area contributed by atoms with Crippen LogP contribution in [0.5, 0.6) is 0 Å². The van der Waals surface area contributed by atoms with Gasteiger partial charge in [0.05, 0.1) is 6.10 Å². The van der Waals surface area contributed by atoms with Crippen LogP contribution in [-0.4, -0.2) is 27.2 Å². The Morgan fingerprint density at radius 2 is 2.16 bits per heavy atom. The van der Waals surface area contributed by atoms with E-state index in [0.29, 0.717) is 10.2 Å². The topological polar surface area (TPSA) is 57.5 Å². The Labute approximate surface area is 128 Å². The van der Waals surface area contributed by atoms with E-state index in [0.717, 1.165) is 17.8 Å². The maximum absolute atomic E-state index is 13.7. The minimum Gasteiger partial charge on any atom is -0.390 e. The fourth-order valence-corrected chi connectivity index (χ4v) is 3.16. The third kappa shape index (κ3) is 5.04. The molecule has 0 aliphatic heterocycles. The molecule has 0 bridgehead atoms. The summed E-state index contributed by atoms with van der Waals surface area (Å²) in [5, 5.41) is 19.9. The van der Waals surface area contributed by atoms with Crippen molar-refractivity contribution in [3.63, 3.8) is 0 Å². The van der Waals surface area contributed by atoms with Crippen molar-refractivity contribution in [2.24, 2.45) is 0 Å². The van der Waals surface area contributed by atoms with Crippen molar-refractivity contribution in [3.05, 3.63) is 33.0 Å². The highest BCUT2D eigenvalue weighted by molar-refractivity contribution is 9.10. The smallest absolute Gasteiger partial charge is 0.185 e. The molecular formula is C12H13BrClFO3S. The van der Waals surface area contributed by atoms with Crippen LogP contribution >= 0.6 is 39.3 Å².